The molecule has 1 atom stereocenters. The van der Waals surface area contributed by atoms with E-state index in [4.69, 9.17) is 0 Å². The molecular formula is C15H14N2OS. The molecule has 96 valence electrons. The van der Waals surface area contributed by atoms with Crippen LogP contribution in [0.15, 0.2) is 42.7 Å². The van der Waals surface area contributed by atoms with Crippen molar-refractivity contribution in [3.63, 3.8) is 0 Å². The maximum atomic E-state index is 10.3. The average Bonchev–Trinajstić information content (AvgIpc) is 2.80. The van der Waals surface area contributed by atoms with Crippen molar-refractivity contribution in [2.45, 2.75) is 19.4 Å². The van der Waals surface area contributed by atoms with Crippen molar-refractivity contribution in [1.29, 1.82) is 0 Å². The molecule has 0 aliphatic heterocycles. The lowest BCUT2D eigenvalue weighted by atomic mass is 10.1. The van der Waals surface area contributed by atoms with Gasteiger partial charge in [0.1, 0.15) is 0 Å². The van der Waals surface area contributed by atoms with Crippen LogP contribution in [-0.2, 0) is 6.42 Å². The fourth-order valence-electron chi connectivity index (χ4n) is 2.05. The van der Waals surface area contributed by atoms with Gasteiger partial charge < -0.3 is 5.11 Å². The highest BCUT2D eigenvalue weighted by Crippen LogP contribution is 2.26. The normalized spacial score (nSPS) is 12.7. The zero-order valence-electron chi connectivity index (χ0n) is 10.6. The maximum Gasteiger partial charge on any atom is 0.0967 e. The number of hydrogen-bond donors (Lipinski definition) is 1. The van der Waals surface area contributed by atoms with Crippen LogP contribution in [0.1, 0.15) is 22.2 Å². The van der Waals surface area contributed by atoms with Gasteiger partial charge in [-0.2, -0.15) is 0 Å². The Morgan fingerprint density at radius 3 is 2.89 bits per heavy atom. The molecule has 0 fully saturated rings. The first kappa shape index (κ1) is 12.3. The van der Waals surface area contributed by atoms with Crippen molar-refractivity contribution in [3.8, 4) is 0 Å². The minimum absolute atomic E-state index is 0.532. The first-order valence-corrected chi connectivity index (χ1v) is 6.98. The molecule has 4 heteroatoms. The number of para-hydroxylation sites is 1. The molecule has 0 aliphatic rings. The van der Waals surface area contributed by atoms with Crippen LogP contribution in [0.2, 0.25) is 0 Å². The second-order valence-corrected chi connectivity index (χ2v) is 5.71. The number of aliphatic hydroxyl groups is 1. The van der Waals surface area contributed by atoms with Crippen LogP contribution >= 0.6 is 11.3 Å². The monoisotopic (exact) mass is 270 g/mol. The topological polar surface area (TPSA) is 46.0 Å². The van der Waals surface area contributed by atoms with Gasteiger partial charge in [-0.15, -0.1) is 11.3 Å². The molecule has 0 radical (unpaired) electrons. The molecule has 0 aliphatic carbocycles. The lowest BCUT2D eigenvalue weighted by Gasteiger charge is -2.08. The largest absolute Gasteiger partial charge is 0.388 e. The molecule has 0 amide bonds. The summed E-state index contributed by atoms with van der Waals surface area (Å²) in [5, 5.41) is 11.2. The number of aliphatic hydroxyl groups excluding tert-OH is 1. The first-order valence-electron chi connectivity index (χ1n) is 6.16. The third-order valence-corrected chi connectivity index (χ3v) is 4.05. The summed E-state index contributed by atoms with van der Waals surface area (Å²) in [5.74, 6) is 0. The SMILES string of the molecule is Cc1cncc(C(O)Cc2nc3ccccc3s2)c1. The third-order valence-electron chi connectivity index (χ3n) is 2.99. The summed E-state index contributed by atoms with van der Waals surface area (Å²) < 4.78 is 1.16. The second kappa shape index (κ2) is 5.07. The molecule has 0 bridgehead atoms. The molecule has 1 N–H and O–H groups in total. The summed E-state index contributed by atoms with van der Waals surface area (Å²) >= 11 is 1.63. The van der Waals surface area contributed by atoms with Crippen LogP contribution in [0.3, 0.4) is 0 Å². The average molecular weight is 270 g/mol. The number of fused-ring (bicyclic) bond motifs is 1. The summed E-state index contributed by atoms with van der Waals surface area (Å²) in [6, 6.07) is 10.00. The molecule has 3 nitrogen and oxygen atoms in total. The predicted molar refractivity (Wildman–Crippen MR) is 77.3 cm³/mol. The predicted octanol–water partition coefficient (Wildman–Crippen LogP) is 3.28. The minimum atomic E-state index is -0.548. The second-order valence-electron chi connectivity index (χ2n) is 4.59. The van der Waals surface area contributed by atoms with Crippen molar-refractivity contribution in [1.82, 2.24) is 9.97 Å². The lowest BCUT2D eigenvalue weighted by molar-refractivity contribution is 0.178. The molecule has 1 aromatic carbocycles. The highest BCUT2D eigenvalue weighted by Gasteiger charge is 2.12. The van der Waals surface area contributed by atoms with E-state index in [-0.39, 0.29) is 0 Å². The summed E-state index contributed by atoms with van der Waals surface area (Å²) in [6.45, 7) is 1.97. The maximum absolute atomic E-state index is 10.3. The number of rotatable bonds is 3. The Morgan fingerprint density at radius 1 is 1.26 bits per heavy atom. The summed E-state index contributed by atoms with van der Waals surface area (Å²) in [4.78, 5) is 8.65. The summed E-state index contributed by atoms with van der Waals surface area (Å²) in [6.07, 6.45) is 3.48. The third kappa shape index (κ3) is 2.64. The number of aromatic nitrogens is 2. The zero-order valence-corrected chi connectivity index (χ0v) is 11.4. The van der Waals surface area contributed by atoms with Gasteiger partial charge in [-0.1, -0.05) is 18.2 Å². The van der Waals surface area contributed by atoms with Gasteiger partial charge in [0.2, 0.25) is 0 Å². The Hall–Kier alpha value is -1.78. The molecule has 3 rings (SSSR count). The van der Waals surface area contributed by atoms with E-state index in [0.29, 0.717) is 6.42 Å². The quantitative estimate of drug-likeness (QED) is 0.794. The molecular weight excluding hydrogens is 256 g/mol. The molecule has 1 unspecified atom stereocenters. The van der Waals surface area contributed by atoms with Gasteiger partial charge >= 0.3 is 0 Å². The number of benzene rings is 1. The van der Waals surface area contributed by atoms with Crippen LogP contribution in [0.5, 0.6) is 0 Å². The summed E-state index contributed by atoms with van der Waals surface area (Å²) in [5.41, 5.74) is 2.90. The van der Waals surface area contributed by atoms with Gasteiger partial charge in [0.25, 0.3) is 0 Å². The van der Waals surface area contributed by atoms with E-state index in [2.05, 4.69) is 16.0 Å². The summed E-state index contributed by atoms with van der Waals surface area (Å²) in [7, 11) is 0. The van der Waals surface area contributed by atoms with Gasteiger partial charge in [0, 0.05) is 18.8 Å². The Bertz CT molecular complexity index is 675. The molecule has 2 aromatic heterocycles. The number of pyridine rings is 1. The highest BCUT2D eigenvalue weighted by molar-refractivity contribution is 7.18. The standard InChI is InChI=1S/C15H14N2OS/c1-10-6-11(9-16-8-10)13(18)7-15-17-12-4-2-3-5-14(12)19-15/h2-6,8-9,13,18H,7H2,1H3. The van der Waals surface area contributed by atoms with Crippen molar-refractivity contribution in [2.24, 2.45) is 0 Å². The van der Waals surface area contributed by atoms with Gasteiger partial charge in [0.05, 0.1) is 21.3 Å². The van der Waals surface area contributed by atoms with E-state index in [9.17, 15) is 5.11 Å². The van der Waals surface area contributed by atoms with E-state index < -0.39 is 6.10 Å². The van der Waals surface area contributed by atoms with Crippen LogP contribution in [0.25, 0.3) is 10.2 Å². The van der Waals surface area contributed by atoms with Crippen LogP contribution < -0.4 is 0 Å². The molecule has 0 spiro atoms. The van der Waals surface area contributed by atoms with Gasteiger partial charge in [-0.05, 0) is 30.2 Å². The van der Waals surface area contributed by atoms with E-state index in [0.717, 1.165) is 26.4 Å². The van der Waals surface area contributed by atoms with Crippen molar-refractivity contribution >= 4 is 21.6 Å². The van der Waals surface area contributed by atoms with E-state index in [1.807, 2.05) is 31.2 Å². The number of aryl methyl sites for hydroxylation is 1. The molecule has 19 heavy (non-hydrogen) atoms. The fourth-order valence-corrected chi connectivity index (χ4v) is 3.05. The first-order chi connectivity index (χ1) is 9.22. The Kier molecular flexibility index (Phi) is 3.27. The number of nitrogens with zero attached hydrogens (tertiary/aromatic N) is 2. The Morgan fingerprint density at radius 2 is 2.11 bits per heavy atom. The Labute approximate surface area is 115 Å². The van der Waals surface area contributed by atoms with Gasteiger partial charge in [-0.25, -0.2) is 4.98 Å². The molecule has 2 heterocycles. The van der Waals surface area contributed by atoms with Crippen molar-refractivity contribution in [3.05, 3.63) is 58.9 Å². The van der Waals surface area contributed by atoms with E-state index in [1.54, 1.807) is 23.7 Å². The van der Waals surface area contributed by atoms with E-state index in [1.165, 1.54) is 0 Å². The highest BCUT2D eigenvalue weighted by atomic mass is 32.1. The zero-order chi connectivity index (χ0) is 13.2. The van der Waals surface area contributed by atoms with E-state index >= 15 is 0 Å². The van der Waals surface area contributed by atoms with Gasteiger partial charge in [0.15, 0.2) is 0 Å². The minimum Gasteiger partial charge on any atom is -0.388 e. The lowest BCUT2D eigenvalue weighted by Crippen LogP contribution is -2.02. The number of hydrogen-bond acceptors (Lipinski definition) is 4. The van der Waals surface area contributed by atoms with Crippen LogP contribution in [-0.4, -0.2) is 15.1 Å². The molecule has 0 saturated heterocycles. The van der Waals surface area contributed by atoms with Crippen LogP contribution in [0, 0.1) is 6.92 Å². The smallest absolute Gasteiger partial charge is 0.0967 e. The van der Waals surface area contributed by atoms with Crippen molar-refractivity contribution < 1.29 is 5.11 Å². The molecule has 3 aromatic rings. The fraction of sp³-hybridized carbons (Fsp3) is 0.200. The number of thiazole rings is 1. The Balaban J connectivity index is 1.84. The van der Waals surface area contributed by atoms with Crippen molar-refractivity contribution in [2.75, 3.05) is 0 Å². The van der Waals surface area contributed by atoms with Gasteiger partial charge in [-0.3, -0.25) is 4.98 Å². The molecule has 0 saturated carbocycles. The van der Waals surface area contributed by atoms with Crippen LogP contribution in [0.4, 0.5) is 0 Å².